The van der Waals surface area contributed by atoms with Gasteiger partial charge in [-0.1, -0.05) is 20.8 Å². The first-order valence-electron chi connectivity index (χ1n) is 7.19. The van der Waals surface area contributed by atoms with Gasteiger partial charge < -0.3 is 10.6 Å². The molecule has 5 nitrogen and oxygen atoms in total. The Morgan fingerprint density at radius 3 is 2.35 bits per heavy atom. The van der Waals surface area contributed by atoms with Crippen molar-refractivity contribution in [1.82, 2.24) is 15.6 Å². The van der Waals surface area contributed by atoms with E-state index in [-0.39, 0.29) is 11.8 Å². The highest BCUT2D eigenvalue weighted by Crippen LogP contribution is 1.95. The zero-order valence-electron chi connectivity index (χ0n) is 12.6. The molecule has 0 bridgehead atoms. The average Bonchev–Trinajstić information content (AvgIpc) is 2.53. The second kappa shape index (κ2) is 12.1. The Bertz CT molecular complexity index is 380. The minimum Gasteiger partial charge on any atom is -0.356 e. The van der Waals surface area contributed by atoms with E-state index in [2.05, 4.69) is 15.6 Å². The number of amides is 2. The van der Waals surface area contributed by atoms with E-state index in [1.807, 2.05) is 20.8 Å². The number of carbonyl (C=O) groups excluding carboxylic acids is 2. The van der Waals surface area contributed by atoms with Crippen LogP contribution in [0.4, 0.5) is 0 Å². The normalized spacial score (nSPS) is 9.15. The minimum absolute atomic E-state index is 0.0643. The van der Waals surface area contributed by atoms with Crippen molar-refractivity contribution in [2.24, 2.45) is 0 Å². The predicted molar refractivity (Wildman–Crippen MR) is 80.5 cm³/mol. The lowest BCUT2D eigenvalue weighted by Crippen LogP contribution is -2.26. The highest BCUT2D eigenvalue weighted by atomic mass is 16.2. The van der Waals surface area contributed by atoms with Gasteiger partial charge in [-0.2, -0.15) is 0 Å². The Morgan fingerprint density at radius 2 is 1.80 bits per heavy atom. The van der Waals surface area contributed by atoms with E-state index in [0.717, 1.165) is 12.8 Å². The molecule has 1 rings (SSSR count). The van der Waals surface area contributed by atoms with Crippen LogP contribution in [-0.4, -0.2) is 29.9 Å². The van der Waals surface area contributed by atoms with E-state index in [1.54, 1.807) is 18.3 Å². The van der Waals surface area contributed by atoms with Crippen molar-refractivity contribution in [2.75, 3.05) is 13.1 Å². The number of nitrogens with zero attached hydrogens (tertiary/aromatic N) is 1. The van der Waals surface area contributed by atoms with Gasteiger partial charge >= 0.3 is 0 Å². The largest absolute Gasteiger partial charge is 0.356 e. The molecule has 0 fully saturated rings. The lowest BCUT2D eigenvalue weighted by atomic mass is 10.2. The Kier molecular flexibility index (Phi) is 11.0. The summed E-state index contributed by atoms with van der Waals surface area (Å²) in [4.78, 5) is 26.4. The smallest absolute Gasteiger partial charge is 0.252 e. The Morgan fingerprint density at radius 1 is 1.15 bits per heavy atom. The van der Waals surface area contributed by atoms with Gasteiger partial charge in [-0.3, -0.25) is 14.6 Å². The van der Waals surface area contributed by atoms with E-state index >= 15 is 0 Å². The zero-order valence-corrected chi connectivity index (χ0v) is 12.6. The van der Waals surface area contributed by atoms with Gasteiger partial charge in [0.15, 0.2) is 0 Å². The maximum Gasteiger partial charge on any atom is 0.252 e. The second-order valence-corrected chi connectivity index (χ2v) is 3.91. The first-order chi connectivity index (χ1) is 9.74. The maximum absolute atomic E-state index is 11.6. The summed E-state index contributed by atoms with van der Waals surface area (Å²) >= 11 is 0. The quantitative estimate of drug-likeness (QED) is 0.751. The molecular formula is C15H25N3O2. The van der Waals surface area contributed by atoms with Crippen LogP contribution in [0.3, 0.4) is 0 Å². The van der Waals surface area contributed by atoms with Gasteiger partial charge in [0.25, 0.3) is 5.91 Å². The number of pyridine rings is 1. The van der Waals surface area contributed by atoms with Crippen molar-refractivity contribution in [1.29, 1.82) is 0 Å². The van der Waals surface area contributed by atoms with Crippen molar-refractivity contribution >= 4 is 11.8 Å². The van der Waals surface area contributed by atoms with Crippen LogP contribution < -0.4 is 10.6 Å². The number of carbonyl (C=O) groups is 2. The van der Waals surface area contributed by atoms with E-state index in [9.17, 15) is 9.59 Å². The molecule has 0 unspecified atom stereocenters. The third kappa shape index (κ3) is 8.24. The molecule has 112 valence electrons. The van der Waals surface area contributed by atoms with Crippen molar-refractivity contribution in [2.45, 2.75) is 40.0 Å². The van der Waals surface area contributed by atoms with Crippen LogP contribution in [0.25, 0.3) is 0 Å². The van der Waals surface area contributed by atoms with Crippen LogP contribution >= 0.6 is 0 Å². The number of hydrogen-bond donors (Lipinski definition) is 2. The van der Waals surface area contributed by atoms with Crippen molar-refractivity contribution in [3.63, 3.8) is 0 Å². The molecule has 0 saturated carbocycles. The summed E-state index contributed by atoms with van der Waals surface area (Å²) < 4.78 is 0. The Hall–Kier alpha value is -1.91. The molecule has 5 heteroatoms. The van der Waals surface area contributed by atoms with Gasteiger partial charge in [-0.25, -0.2) is 0 Å². The number of unbranched alkanes of at least 4 members (excludes halogenated alkanes) is 1. The van der Waals surface area contributed by atoms with Crippen LogP contribution in [0.2, 0.25) is 0 Å². The lowest BCUT2D eigenvalue weighted by Gasteiger charge is -2.05. The molecule has 0 aliphatic rings. The third-order valence-electron chi connectivity index (χ3n) is 2.46. The van der Waals surface area contributed by atoms with Gasteiger partial charge in [-0.05, 0) is 25.0 Å². The van der Waals surface area contributed by atoms with Crippen molar-refractivity contribution in [3.8, 4) is 0 Å². The lowest BCUT2D eigenvalue weighted by molar-refractivity contribution is -0.120. The van der Waals surface area contributed by atoms with Crippen LogP contribution in [0.15, 0.2) is 24.5 Å². The number of hydrogen-bond acceptors (Lipinski definition) is 3. The van der Waals surface area contributed by atoms with Gasteiger partial charge in [-0.15, -0.1) is 0 Å². The van der Waals surface area contributed by atoms with E-state index in [4.69, 9.17) is 0 Å². The molecule has 2 amide bonds. The third-order valence-corrected chi connectivity index (χ3v) is 2.46. The summed E-state index contributed by atoms with van der Waals surface area (Å²) in [5, 5.41) is 5.60. The Balaban J connectivity index is 0.00000172. The highest BCUT2D eigenvalue weighted by Gasteiger charge is 2.03. The summed E-state index contributed by atoms with van der Waals surface area (Å²) in [6.45, 7) is 7.09. The summed E-state index contributed by atoms with van der Waals surface area (Å²) in [6.07, 6.45) is 5.39. The highest BCUT2D eigenvalue weighted by molar-refractivity contribution is 5.93. The molecule has 0 atom stereocenters. The molecule has 1 aromatic heterocycles. The molecule has 1 aromatic rings. The Labute approximate surface area is 121 Å². The van der Waals surface area contributed by atoms with Crippen LogP contribution in [0.5, 0.6) is 0 Å². The monoisotopic (exact) mass is 279 g/mol. The molecule has 0 spiro atoms. The number of rotatable bonds is 7. The molecular weight excluding hydrogens is 254 g/mol. The van der Waals surface area contributed by atoms with Gasteiger partial charge in [0.1, 0.15) is 0 Å². The summed E-state index contributed by atoms with van der Waals surface area (Å²) in [7, 11) is 0. The second-order valence-electron chi connectivity index (χ2n) is 3.91. The molecule has 0 radical (unpaired) electrons. The SMILES string of the molecule is CC.CCC(=O)NCCCCNC(=O)c1cccnc1. The number of nitrogens with one attached hydrogen (secondary N) is 2. The minimum atomic E-state index is -0.110. The van der Waals surface area contributed by atoms with Crippen LogP contribution in [-0.2, 0) is 4.79 Å². The topological polar surface area (TPSA) is 71.1 Å². The van der Waals surface area contributed by atoms with Gasteiger partial charge in [0.2, 0.25) is 5.91 Å². The zero-order chi connectivity index (χ0) is 15.2. The standard InChI is InChI=1S/C13H19N3O2.C2H6/c1-2-12(17)15-8-3-4-9-16-13(18)11-6-5-7-14-10-11;1-2/h5-7,10H,2-4,8-9H2,1H3,(H,15,17)(H,16,18);1-2H3. The van der Waals surface area contributed by atoms with Crippen LogP contribution in [0, 0.1) is 0 Å². The molecule has 2 N–H and O–H groups in total. The fraction of sp³-hybridized carbons (Fsp3) is 0.533. The van der Waals surface area contributed by atoms with Gasteiger partial charge in [0.05, 0.1) is 5.56 Å². The van der Waals surface area contributed by atoms with Crippen molar-refractivity contribution in [3.05, 3.63) is 30.1 Å². The molecule has 0 aliphatic carbocycles. The maximum atomic E-state index is 11.6. The fourth-order valence-electron chi connectivity index (χ4n) is 1.40. The predicted octanol–water partition coefficient (Wildman–Crippen LogP) is 2.14. The first-order valence-corrected chi connectivity index (χ1v) is 7.19. The molecule has 0 saturated heterocycles. The van der Waals surface area contributed by atoms with Gasteiger partial charge in [0, 0.05) is 31.9 Å². The molecule has 1 heterocycles. The number of aromatic nitrogens is 1. The van der Waals surface area contributed by atoms with Crippen molar-refractivity contribution < 1.29 is 9.59 Å². The molecule has 0 aliphatic heterocycles. The summed E-state index contributed by atoms with van der Waals surface area (Å²) in [6, 6.07) is 3.46. The van der Waals surface area contributed by atoms with E-state index in [0.29, 0.717) is 25.1 Å². The molecule has 20 heavy (non-hydrogen) atoms. The summed E-state index contributed by atoms with van der Waals surface area (Å²) in [5.41, 5.74) is 0.566. The van der Waals surface area contributed by atoms with Crippen LogP contribution in [0.1, 0.15) is 50.4 Å². The van der Waals surface area contributed by atoms with E-state index < -0.39 is 0 Å². The fourth-order valence-corrected chi connectivity index (χ4v) is 1.40. The average molecular weight is 279 g/mol. The molecule has 0 aromatic carbocycles. The summed E-state index contributed by atoms with van der Waals surface area (Å²) in [5.74, 6) is -0.0462. The van der Waals surface area contributed by atoms with E-state index in [1.165, 1.54) is 6.20 Å². The first kappa shape index (κ1) is 18.1.